The molecule has 1 fully saturated rings. The summed E-state index contributed by atoms with van der Waals surface area (Å²) in [5.41, 5.74) is 1.95. The second-order valence-corrected chi connectivity index (χ2v) is 6.34. The van der Waals surface area contributed by atoms with Crippen LogP contribution in [0.25, 0.3) is 11.0 Å². The van der Waals surface area contributed by atoms with Gasteiger partial charge >= 0.3 is 5.97 Å². The first-order chi connectivity index (χ1) is 10.1. The number of aromatic nitrogens is 2. The van der Waals surface area contributed by atoms with Gasteiger partial charge in [0.1, 0.15) is 0 Å². The average Bonchev–Trinajstić information content (AvgIpc) is 2.84. The third-order valence-corrected chi connectivity index (χ3v) is 4.86. The summed E-state index contributed by atoms with van der Waals surface area (Å²) in [7, 11) is 0. The number of thioether (sulfide) groups is 1. The summed E-state index contributed by atoms with van der Waals surface area (Å²) in [6.07, 6.45) is 3.19. The zero-order chi connectivity index (χ0) is 14.8. The van der Waals surface area contributed by atoms with Crippen LogP contribution < -0.4 is 0 Å². The lowest BCUT2D eigenvalue weighted by molar-refractivity contribution is -0.133. The molecule has 2 aromatic rings. The normalized spacial score (nSPS) is 22.5. The summed E-state index contributed by atoms with van der Waals surface area (Å²) in [4.78, 5) is 15.4. The molecule has 0 spiro atoms. The first-order valence-corrected chi connectivity index (χ1v) is 8.13. The molecular weight excluding hydrogens is 288 g/mol. The number of para-hydroxylation sites is 2. The number of aliphatic hydroxyl groups excluding tert-OH is 1. The summed E-state index contributed by atoms with van der Waals surface area (Å²) in [6, 6.07) is 8.18. The molecule has 112 valence electrons. The molecular formula is C15H18N2O3S. The molecule has 3 rings (SSSR count). The largest absolute Gasteiger partial charge is 0.481 e. The molecule has 0 radical (unpaired) electrons. The lowest BCUT2D eigenvalue weighted by Crippen LogP contribution is -2.21. The minimum Gasteiger partial charge on any atom is -0.481 e. The summed E-state index contributed by atoms with van der Waals surface area (Å²) in [6.45, 7) is 0. The van der Waals surface area contributed by atoms with Crippen molar-refractivity contribution in [3.05, 3.63) is 24.3 Å². The molecule has 0 bridgehead atoms. The van der Waals surface area contributed by atoms with Crippen LogP contribution in [0.5, 0.6) is 0 Å². The van der Waals surface area contributed by atoms with Crippen LogP contribution in [0, 0.1) is 0 Å². The maximum Gasteiger partial charge on any atom is 0.313 e. The van der Waals surface area contributed by atoms with Gasteiger partial charge in [0.15, 0.2) is 5.16 Å². The Labute approximate surface area is 127 Å². The highest BCUT2D eigenvalue weighted by Crippen LogP contribution is 2.35. The number of imidazole rings is 1. The number of rotatable bonds is 4. The number of carboxylic acids is 1. The van der Waals surface area contributed by atoms with Crippen LogP contribution in [-0.4, -0.2) is 37.6 Å². The Morgan fingerprint density at radius 1 is 1.29 bits per heavy atom. The highest BCUT2D eigenvalue weighted by atomic mass is 32.2. The van der Waals surface area contributed by atoms with Crippen molar-refractivity contribution in [2.24, 2.45) is 0 Å². The highest BCUT2D eigenvalue weighted by molar-refractivity contribution is 7.99. The van der Waals surface area contributed by atoms with Crippen LogP contribution in [0.1, 0.15) is 31.7 Å². The van der Waals surface area contributed by atoms with Gasteiger partial charge in [-0.05, 0) is 37.8 Å². The van der Waals surface area contributed by atoms with Gasteiger partial charge in [-0.3, -0.25) is 4.79 Å². The van der Waals surface area contributed by atoms with Gasteiger partial charge in [-0.1, -0.05) is 23.9 Å². The van der Waals surface area contributed by atoms with Crippen LogP contribution in [0.2, 0.25) is 0 Å². The third-order valence-electron chi connectivity index (χ3n) is 3.92. The van der Waals surface area contributed by atoms with E-state index in [0.29, 0.717) is 0 Å². The Morgan fingerprint density at radius 3 is 2.71 bits per heavy atom. The van der Waals surface area contributed by atoms with E-state index in [-0.39, 0.29) is 17.9 Å². The predicted molar refractivity (Wildman–Crippen MR) is 81.6 cm³/mol. The lowest BCUT2D eigenvalue weighted by Gasteiger charge is -2.28. The van der Waals surface area contributed by atoms with Gasteiger partial charge in [-0.15, -0.1) is 0 Å². The van der Waals surface area contributed by atoms with Gasteiger partial charge < -0.3 is 14.8 Å². The number of aliphatic carboxylic acids is 1. The van der Waals surface area contributed by atoms with E-state index in [4.69, 9.17) is 5.11 Å². The van der Waals surface area contributed by atoms with Crippen LogP contribution in [0.4, 0.5) is 0 Å². The topological polar surface area (TPSA) is 75.3 Å². The number of fused-ring (bicyclic) bond motifs is 1. The Bertz CT molecular complexity index is 647. The minimum atomic E-state index is -0.835. The molecule has 21 heavy (non-hydrogen) atoms. The smallest absolute Gasteiger partial charge is 0.313 e. The summed E-state index contributed by atoms with van der Waals surface area (Å²) >= 11 is 1.27. The first kappa shape index (κ1) is 14.4. The van der Waals surface area contributed by atoms with Crippen molar-refractivity contribution in [1.29, 1.82) is 0 Å². The second-order valence-electron chi connectivity index (χ2n) is 5.40. The van der Waals surface area contributed by atoms with Crippen molar-refractivity contribution < 1.29 is 15.0 Å². The van der Waals surface area contributed by atoms with E-state index >= 15 is 0 Å². The number of hydrogen-bond donors (Lipinski definition) is 2. The fourth-order valence-electron chi connectivity index (χ4n) is 2.92. The molecule has 1 aromatic heterocycles. The van der Waals surface area contributed by atoms with Gasteiger partial charge in [0.25, 0.3) is 0 Å². The average molecular weight is 306 g/mol. The van der Waals surface area contributed by atoms with E-state index in [1.165, 1.54) is 11.8 Å². The van der Waals surface area contributed by atoms with Crippen LogP contribution in [-0.2, 0) is 4.79 Å². The predicted octanol–water partition coefficient (Wildman–Crippen LogP) is 2.69. The van der Waals surface area contributed by atoms with Crippen molar-refractivity contribution in [3.63, 3.8) is 0 Å². The maximum absolute atomic E-state index is 10.8. The molecule has 6 heteroatoms. The van der Waals surface area contributed by atoms with Crippen molar-refractivity contribution in [2.75, 3.05) is 5.75 Å². The number of nitrogens with zero attached hydrogens (tertiary/aromatic N) is 2. The zero-order valence-electron chi connectivity index (χ0n) is 11.6. The lowest BCUT2D eigenvalue weighted by atomic mass is 9.93. The number of benzene rings is 1. The molecule has 0 atom stereocenters. The molecule has 0 unspecified atom stereocenters. The van der Waals surface area contributed by atoms with E-state index in [2.05, 4.69) is 9.55 Å². The highest BCUT2D eigenvalue weighted by Gasteiger charge is 2.25. The van der Waals surface area contributed by atoms with E-state index < -0.39 is 5.97 Å². The number of carboxylic acid groups (broad SMARTS) is 1. The van der Waals surface area contributed by atoms with E-state index in [1.807, 2.05) is 24.3 Å². The Kier molecular flexibility index (Phi) is 4.17. The van der Waals surface area contributed by atoms with Crippen LogP contribution in [0.3, 0.4) is 0 Å². The van der Waals surface area contributed by atoms with Gasteiger partial charge in [0.2, 0.25) is 0 Å². The van der Waals surface area contributed by atoms with E-state index in [9.17, 15) is 9.90 Å². The zero-order valence-corrected chi connectivity index (χ0v) is 12.4. The number of hydrogen-bond acceptors (Lipinski definition) is 4. The van der Waals surface area contributed by atoms with Gasteiger partial charge in [-0.2, -0.15) is 0 Å². The van der Waals surface area contributed by atoms with Crippen molar-refractivity contribution in [3.8, 4) is 0 Å². The monoisotopic (exact) mass is 306 g/mol. The summed E-state index contributed by atoms with van der Waals surface area (Å²) in [5.74, 6) is -0.823. The quantitative estimate of drug-likeness (QED) is 0.849. The molecule has 1 saturated carbocycles. The molecule has 0 saturated heterocycles. The Balaban J connectivity index is 1.96. The Morgan fingerprint density at radius 2 is 2.00 bits per heavy atom. The minimum absolute atomic E-state index is 0.0126. The summed E-state index contributed by atoms with van der Waals surface area (Å²) in [5, 5.41) is 19.3. The maximum atomic E-state index is 10.8. The molecule has 0 amide bonds. The van der Waals surface area contributed by atoms with Crippen molar-refractivity contribution in [1.82, 2.24) is 9.55 Å². The van der Waals surface area contributed by atoms with E-state index in [1.54, 1.807) is 0 Å². The van der Waals surface area contributed by atoms with Crippen molar-refractivity contribution in [2.45, 2.75) is 43.0 Å². The second kappa shape index (κ2) is 6.07. The van der Waals surface area contributed by atoms with Gasteiger partial charge in [0.05, 0.1) is 22.9 Å². The molecule has 1 heterocycles. The molecule has 1 aliphatic carbocycles. The Hall–Kier alpha value is -1.53. The van der Waals surface area contributed by atoms with Crippen LogP contribution >= 0.6 is 11.8 Å². The summed E-state index contributed by atoms with van der Waals surface area (Å²) < 4.78 is 2.16. The van der Waals surface area contributed by atoms with Gasteiger partial charge in [-0.25, -0.2) is 4.98 Å². The standard InChI is InChI=1S/C15H18N2O3S/c18-11-7-5-10(6-8-11)17-13-4-2-1-3-12(13)16-15(17)21-9-14(19)20/h1-4,10-11,18H,5-9H2,(H,19,20). The first-order valence-electron chi connectivity index (χ1n) is 7.15. The molecule has 1 aromatic carbocycles. The number of carbonyl (C=O) groups is 1. The molecule has 0 aliphatic heterocycles. The molecule has 1 aliphatic rings. The fourth-order valence-corrected chi connectivity index (χ4v) is 3.72. The molecule has 2 N–H and O–H groups in total. The van der Waals surface area contributed by atoms with Crippen LogP contribution in [0.15, 0.2) is 29.4 Å². The van der Waals surface area contributed by atoms with Crippen molar-refractivity contribution >= 4 is 28.8 Å². The fraction of sp³-hybridized carbons (Fsp3) is 0.467. The van der Waals surface area contributed by atoms with E-state index in [0.717, 1.165) is 41.9 Å². The molecule has 5 nitrogen and oxygen atoms in total. The number of aliphatic hydroxyl groups is 1. The van der Waals surface area contributed by atoms with Gasteiger partial charge in [0, 0.05) is 6.04 Å². The SMILES string of the molecule is O=C(O)CSc1nc2ccccc2n1C1CCC(O)CC1. The third kappa shape index (κ3) is 3.06.